The fraction of sp³-hybridized carbons (Fsp3) is 0.400. The molecule has 2 N–H and O–H groups in total. The molecule has 0 fully saturated rings. The normalized spacial score (nSPS) is 10.2. The Balaban J connectivity index is 2.07. The second-order valence-corrected chi connectivity index (χ2v) is 7.54. The van der Waals surface area contributed by atoms with Crippen LogP contribution in [0.25, 0.3) is 0 Å². The average molecular weight is 504 g/mol. The summed E-state index contributed by atoms with van der Waals surface area (Å²) in [6, 6.07) is 9.83. The first kappa shape index (κ1) is 28.2. The molecule has 11 nitrogen and oxygen atoms in total. The van der Waals surface area contributed by atoms with Gasteiger partial charge in [0.2, 0.25) is 17.6 Å². The van der Waals surface area contributed by atoms with Crippen LogP contribution in [0.3, 0.4) is 0 Å². The van der Waals surface area contributed by atoms with E-state index in [-0.39, 0.29) is 25.2 Å². The molecule has 2 aromatic rings. The quantitative estimate of drug-likeness (QED) is 0.375. The predicted molar refractivity (Wildman–Crippen MR) is 133 cm³/mol. The highest BCUT2D eigenvalue weighted by Crippen LogP contribution is 2.38. The number of carbonyl (C=O) groups is 3. The van der Waals surface area contributed by atoms with E-state index in [0.29, 0.717) is 41.7 Å². The van der Waals surface area contributed by atoms with Gasteiger partial charge in [-0.25, -0.2) is 0 Å². The number of rotatable bonds is 14. The highest BCUT2D eigenvalue weighted by molar-refractivity contribution is 5.99. The minimum Gasteiger partial charge on any atom is -0.497 e. The smallest absolute Gasteiger partial charge is 0.254 e. The molecule has 0 aromatic heterocycles. The zero-order valence-corrected chi connectivity index (χ0v) is 21.2. The second-order valence-electron chi connectivity index (χ2n) is 7.54. The fourth-order valence-corrected chi connectivity index (χ4v) is 3.33. The van der Waals surface area contributed by atoms with Crippen LogP contribution in [0.5, 0.6) is 23.0 Å². The largest absolute Gasteiger partial charge is 0.497 e. The van der Waals surface area contributed by atoms with Crippen molar-refractivity contribution in [2.75, 3.05) is 67.1 Å². The third-order valence-corrected chi connectivity index (χ3v) is 5.13. The first-order chi connectivity index (χ1) is 17.4. The van der Waals surface area contributed by atoms with Crippen molar-refractivity contribution in [3.8, 4) is 23.0 Å². The fourth-order valence-electron chi connectivity index (χ4n) is 3.33. The second kappa shape index (κ2) is 14.4. The van der Waals surface area contributed by atoms with Crippen molar-refractivity contribution >= 4 is 23.4 Å². The van der Waals surface area contributed by atoms with Crippen LogP contribution in [-0.2, 0) is 14.3 Å². The molecule has 196 valence electrons. The van der Waals surface area contributed by atoms with Gasteiger partial charge in [0.05, 0.1) is 41.5 Å². The van der Waals surface area contributed by atoms with Crippen molar-refractivity contribution in [3.63, 3.8) is 0 Å². The highest BCUT2D eigenvalue weighted by Gasteiger charge is 2.23. The van der Waals surface area contributed by atoms with Gasteiger partial charge < -0.3 is 39.2 Å². The van der Waals surface area contributed by atoms with Gasteiger partial charge in [0.25, 0.3) is 5.91 Å². The summed E-state index contributed by atoms with van der Waals surface area (Å²) in [5.74, 6) is 0.333. The lowest BCUT2D eigenvalue weighted by Crippen LogP contribution is -2.43. The van der Waals surface area contributed by atoms with E-state index in [9.17, 15) is 14.4 Å². The summed E-state index contributed by atoms with van der Waals surface area (Å²) in [5, 5.41) is 5.23. The molecule has 0 saturated heterocycles. The molecule has 0 bridgehead atoms. The van der Waals surface area contributed by atoms with Gasteiger partial charge in [0.1, 0.15) is 5.75 Å². The first-order valence-electron chi connectivity index (χ1n) is 11.2. The molecule has 3 amide bonds. The SMILES string of the molecule is COCCCN(CC(=O)NCC(=O)Nc1ccc(OC)cc1)C(=O)c1cc(OC)c(OC)c(OC)c1. The Morgan fingerprint density at radius 1 is 0.833 bits per heavy atom. The van der Waals surface area contributed by atoms with E-state index in [2.05, 4.69) is 10.6 Å². The standard InChI is InChI=1S/C25H33N3O8/c1-32-12-6-11-28(25(31)17-13-20(34-3)24(36-5)21(14-17)35-4)16-23(30)26-15-22(29)27-18-7-9-19(33-2)10-8-18/h7-10,13-14H,6,11-12,15-16H2,1-5H3,(H,26,30)(H,27,29). The number of nitrogens with one attached hydrogen (secondary N) is 2. The first-order valence-corrected chi connectivity index (χ1v) is 11.2. The van der Waals surface area contributed by atoms with E-state index in [1.54, 1.807) is 38.5 Å². The highest BCUT2D eigenvalue weighted by atomic mass is 16.5. The molecule has 0 aliphatic carbocycles. The predicted octanol–water partition coefficient (Wildman–Crippen LogP) is 1.95. The Bertz CT molecular complexity index is 1000. The van der Waals surface area contributed by atoms with Gasteiger partial charge in [0.15, 0.2) is 11.5 Å². The molecular weight excluding hydrogens is 470 g/mol. The molecule has 36 heavy (non-hydrogen) atoms. The minimum absolute atomic E-state index is 0.255. The molecule has 0 radical (unpaired) electrons. The number of benzene rings is 2. The van der Waals surface area contributed by atoms with Crippen LogP contribution in [0.15, 0.2) is 36.4 Å². The molecule has 0 saturated carbocycles. The van der Waals surface area contributed by atoms with E-state index in [0.717, 1.165) is 0 Å². The van der Waals surface area contributed by atoms with Gasteiger partial charge in [-0.1, -0.05) is 0 Å². The van der Waals surface area contributed by atoms with Crippen molar-refractivity contribution in [2.24, 2.45) is 0 Å². The number of methoxy groups -OCH3 is 5. The van der Waals surface area contributed by atoms with Crippen molar-refractivity contribution < 1.29 is 38.1 Å². The van der Waals surface area contributed by atoms with Crippen LogP contribution >= 0.6 is 0 Å². The number of amides is 3. The molecule has 2 aromatic carbocycles. The lowest BCUT2D eigenvalue weighted by Gasteiger charge is -2.23. The van der Waals surface area contributed by atoms with Crippen LogP contribution in [0, 0.1) is 0 Å². The molecule has 0 spiro atoms. The summed E-state index contributed by atoms with van der Waals surface area (Å²) in [5.41, 5.74) is 0.820. The third kappa shape index (κ3) is 8.05. The van der Waals surface area contributed by atoms with Gasteiger partial charge in [-0.2, -0.15) is 0 Å². The van der Waals surface area contributed by atoms with E-state index in [1.807, 2.05) is 0 Å². The maximum absolute atomic E-state index is 13.3. The summed E-state index contributed by atoms with van der Waals surface area (Å²) in [6.45, 7) is 0.157. The van der Waals surface area contributed by atoms with E-state index < -0.39 is 17.7 Å². The summed E-state index contributed by atoms with van der Waals surface area (Å²) < 4.78 is 26.1. The van der Waals surface area contributed by atoms with Gasteiger partial charge >= 0.3 is 0 Å². The van der Waals surface area contributed by atoms with Crippen LogP contribution in [0.2, 0.25) is 0 Å². The monoisotopic (exact) mass is 503 g/mol. The van der Waals surface area contributed by atoms with Crippen LogP contribution in [-0.4, -0.2) is 84.4 Å². The Morgan fingerprint density at radius 3 is 2.00 bits per heavy atom. The van der Waals surface area contributed by atoms with Gasteiger partial charge in [-0.15, -0.1) is 0 Å². The Labute approximate surface area is 210 Å². The average Bonchev–Trinajstić information content (AvgIpc) is 2.90. The van der Waals surface area contributed by atoms with Crippen LogP contribution in [0.1, 0.15) is 16.8 Å². The maximum Gasteiger partial charge on any atom is 0.254 e. The summed E-state index contributed by atoms with van der Waals surface area (Å²) >= 11 is 0. The van der Waals surface area contributed by atoms with Gasteiger partial charge in [0, 0.05) is 31.5 Å². The Kier molecular flexibility index (Phi) is 11.3. The van der Waals surface area contributed by atoms with E-state index in [1.165, 1.54) is 38.4 Å². The van der Waals surface area contributed by atoms with Crippen LogP contribution in [0.4, 0.5) is 5.69 Å². The zero-order valence-electron chi connectivity index (χ0n) is 21.2. The molecule has 0 unspecified atom stereocenters. The van der Waals surface area contributed by atoms with Crippen molar-refractivity contribution in [1.82, 2.24) is 10.2 Å². The number of hydrogen-bond acceptors (Lipinski definition) is 8. The molecule has 0 atom stereocenters. The third-order valence-electron chi connectivity index (χ3n) is 5.13. The van der Waals surface area contributed by atoms with E-state index in [4.69, 9.17) is 23.7 Å². The molecule has 11 heteroatoms. The van der Waals surface area contributed by atoms with E-state index >= 15 is 0 Å². The van der Waals surface area contributed by atoms with Crippen molar-refractivity contribution in [3.05, 3.63) is 42.0 Å². The van der Waals surface area contributed by atoms with Crippen LogP contribution < -0.4 is 29.6 Å². The topological polar surface area (TPSA) is 125 Å². The lowest BCUT2D eigenvalue weighted by atomic mass is 10.1. The maximum atomic E-state index is 13.3. The Hall–Kier alpha value is -3.99. The lowest BCUT2D eigenvalue weighted by molar-refractivity contribution is -0.124. The Morgan fingerprint density at radius 2 is 1.47 bits per heavy atom. The number of carbonyl (C=O) groups excluding carboxylic acids is 3. The molecule has 0 heterocycles. The molecule has 2 rings (SSSR count). The van der Waals surface area contributed by atoms with Gasteiger partial charge in [-0.05, 0) is 42.8 Å². The number of hydrogen-bond donors (Lipinski definition) is 2. The number of nitrogens with zero attached hydrogens (tertiary/aromatic N) is 1. The molecule has 0 aliphatic rings. The summed E-state index contributed by atoms with van der Waals surface area (Å²) in [6.07, 6.45) is 0.512. The van der Waals surface area contributed by atoms with Gasteiger partial charge in [-0.3, -0.25) is 14.4 Å². The van der Waals surface area contributed by atoms with Crippen molar-refractivity contribution in [2.45, 2.75) is 6.42 Å². The molecule has 0 aliphatic heterocycles. The number of ether oxygens (including phenoxy) is 5. The number of anilines is 1. The minimum atomic E-state index is -0.488. The zero-order chi connectivity index (χ0) is 26.5. The summed E-state index contributed by atoms with van der Waals surface area (Å²) in [4.78, 5) is 39.5. The molecular formula is C25H33N3O8. The summed E-state index contributed by atoms with van der Waals surface area (Å²) in [7, 11) is 7.47. The van der Waals surface area contributed by atoms with Crippen molar-refractivity contribution in [1.29, 1.82) is 0 Å².